The molecule has 0 radical (unpaired) electrons. The molecule has 0 bridgehead atoms. The van der Waals surface area contributed by atoms with Crippen molar-refractivity contribution in [1.82, 2.24) is 19.7 Å². The summed E-state index contributed by atoms with van der Waals surface area (Å²) >= 11 is 0. The smallest absolute Gasteiger partial charge is 0.343 e. The van der Waals surface area contributed by atoms with Crippen LogP contribution in [0.3, 0.4) is 0 Å². The van der Waals surface area contributed by atoms with E-state index in [0.717, 1.165) is 16.8 Å². The molecular weight excluding hydrogens is 648 g/mol. The summed E-state index contributed by atoms with van der Waals surface area (Å²) in [5, 5.41) is 3.49. The van der Waals surface area contributed by atoms with Gasteiger partial charge in [0, 0.05) is 28.4 Å². The molecule has 3 heterocycles. The van der Waals surface area contributed by atoms with Gasteiger partial charge in [0.1, 0.15) is 0 Å². The predicted octanol–water partition coefficient (Wildman–Crippen LogP) is 6.10. The van der Waals surface area contributed by atoms with Gasteiger partial charge >= 0.3 is 27.2 Å². The zero-order valence-electron chi connectivity index (χ0n) is 18.1. The molecular formula is C24H14F5N5Pt. The van der Waals surface area contributed by atoms with Crippen LogP contribution in [-0.2, 0) is 32.7 Å². The number of rotatable bonds is 4. The normalized spacial score (nSPS) is 11.6. The van der Waals surface area contributed by atoms with Crippen molar-refractivity contribution in [2.75, 3.05) is 0 Å². The van der Waals surface area contributed by atoms with Gasteiger partial charge in [0.15, 0.2) is 5.69 Å². The van der Waals surface area contributed by atoms with E-state index in [9.17, 15) is 22.0 Å². The second kappa shape index (κ2) is 9.67. The van der Waals surface area contributed by atoms with Crippen LogP contribution in [0.1, 0.15) is 30.9 Å². The minimum Gasteiger partial charge on any atom is -0.343 e. The van der Waals surface area contributed by atoms with E-state index in [2.05, 4.69) is 32.2 Å². The van der Waals surface area contributed by atoms with Gasteiger partial charge < -0.3 is 9.67 Å². The van der Waals surface area contributed by atoms with Gasteiger partial charge in [-0.2, -0.15) is 13.2 Å². The van der Waals surface area contributed by atoms with Gasteiger partial charge in [-0.1, -0.05) is 30.5 Å². The number of alkyl halides is 3. The maximum absolute atomic E-state index is 14.7. The molecule has 0 saturated heterocycles. The van der Waals surface area contributed by atoms with Crippen LogP contribution in [0.4, 0.5) is 27.6 Å². The molecule has 0 unspecified atom stereocenters. The van der Waals surface area contributed by atoms with Gasteiger partial charge in [-0.3, -0.25) is 23.7 Å². The van der Waals surface area contributed by atoms with Crippen LogP contribution in [0.5, 0.6) is 0 Å². The minimum atomic E-state index is -4.61. The number of nitrogens with zero attached hydrogens (tertiary/aromatic N) is 5. The maximum atomic E-state index is 14.7. The minimum absolute atomic E-state index is 0. The Morgan fingerprint density at radius 2 is 1.60 bits per heavy atom. The largest absolute Gasteiger partial charge is 2.00 e. The summed E-state index contributed by atoms with van der Waals surface area (Å²) in [6.07, 6.45) is -2.20. The van der Waals surface area contributed by atoms with Crippen molar-refractivity contribution >= 4 is 5.69 Å². The molecule has 0 N–H and O–H groups in total. The molecule has 4 aromatic rings. The molecule has 4 rings (SSSR count). The van der Waals surface area contributed by atoms with Gasteiger partial charge in [-0.15, -0.1) is 23.8 Å². The summed E-state index contributed by atoms with van der Waals surface area (Å²) in [7, 11) is 0. The van der Waals surface area contributed by atoms with Crippen LogP contribution in [0.15, 0.2) is 48.5 Å². The zero-order chi connectivity index (χ0) is 24.7. The van der Waals surface area contributed by atoms with Crippen LogP contribution in [-0.4, -0.2) is 19.7 Å². The van der Waals surface area contributed by atoms with Crippen molar-refractivity contribution in [1.29, 1.82) is 0 Å². The topological polar surface area (TPSA) is 48.0 Å². The Bertz CT molecular complexity index is 1420. The molecule has 3 aromatic heterocycles. The molecule has 0 aliphatic heterocycles. The van der Waals surface area contributed by atoms with Gasteiger partial charge in [-0.05, 0) is 31.7 Å². The average molecular weight is 662 g/mol. The number of benzene rings is 1. The Balaban J connectivity index is 0.00000342. The Labute approximate surface area is 211 Å². The van der Waals surface area contributed by atoms with E-state index in [0.29, 0.717) is 11.4 Å². The van der Waals surface area contributed by atoms with Crippen molar-refractivity contribution in [2.24, 2.45) is 0 Å². The first-order valence-electron chi connectivity index (χ1n) is 9.80. The van der Waals surface area contributed by atoms with Crippen molar-refractivity contribution in [3.63, 3.8) is 0 Å². The fourth-order valence-corrected chi connectivity index (χ4v) is 3.27. The Morgan fingerprint density at radius 3 is 2.23 bits per heavy atom. The molecule has 0 saturated carbocycles. The fraction of sp³-hybridized carbons (Fsp3) is 0.167. The number of halogens is 5. The summed E-state index contributed by atoms with van der Waals surface area (Å²) in [5.74, 6) is -1.96. The Morgan fingerprint density at radius 1 is 0.943 bits per heavy atom. The van der Waals surface area contributed by atoms with E-state index in [1.165, 1.54) is 12.1 Å². The maximum Gasteiger partial charge on any atom is 2.00 e. The molecule has 180 valence electrons. The van der Waals surface area contributed by atoms with Crippen LogP contribution in [0.2, 0.25) is 0 Å². The second-order valence-corrected chi connectivity index (χ2v) is 7.77. The van der Waals surface area contributed by atoms with Crippen molar-refractivity contribution < 1.29 is 43.0 Å². The monoisotopic (exact) mass is 662 g/mol. The standard InChI is InChI=1S/C24H14F5N5.Pt/c1-23(2,18-8-5-9-20(32-18)34-13-12-19(33-34)24(27,28)29)17-7-4-6-16(31-17)14-10-11-15(25)22(30-3)21(14)26;/h4-9,11-12H,1-2H3;/q-2;+2. The van der Waals surface area contributed by atoms with Crippen LogP contribution >= 0.6 is 0 Å². The third kappa shape index (κ3) is 5.01. The first-order chi connectivity index (χ1) is 16.0. The summed E-state index contributed by atoms with van der Waals surface area (Å²) in [6, 6.07) is 13.7. The van der Waals surface area contributed by atoms with E-state index >= 15 is 0 Å². The van der Waals surface area contributed by atoms with Gasteiger partial charge in [0.25, 0.3) is 0 Å². The summed E-state index contributed by atoms with van der Waals surface area (Å²) < 4.78 is 67.9. The average Bonchev–Trinajstić information content (AvgIpc) is 3.31. The molecule has 1 aromatic carbocycles. The fourth-order valence-electron chi connectivity index (χ4n) is 3.27. The molecule has 0 fully saturated rings. The quantitative estimate of drug-likeness (QED) is 0.196. The van der Waals surface area contributed by atoms with Crippen LogP contribution in [0.25, 0.3) is 21.9 Å². The summed E-state index contributed by atoms with van der Waals surface area (Å²) in [5.41, 5.74) is -1.82. The summed E-state index contributed by atoms with van der Waals surface area (Å²) in [4.78, 5) is 11.8. The zero-order valence-corrected chi connectivity index (χ0v) is 20.3. The van der Waals surface area contributed by atoms with E-state index in [1.807, 2.05) is 0 Å². The Hall–Kier alpha value is -3.44. The van der Waals surface area contributed by atoms with E-state index in [4.69, 9.17) is 6.57 Å². The first-order valence-corrected chi connectivity index (χ1v) is 9.80. The number of hydrogen-bond acceptors (Lipinski definition) is 3. The molecule has 11 heteroatoms. The molecule has 0 spiro atoms. The van der Waals surface area contributed by atoms with E-state index in [1.54, 1.807) is 38.1 Å². The van der Waals surface area contributed by atoms with Crippen LogP contribution in [0, 0.1) is 30.5 Å². The van der Waals surface area contributed by atoms with Gasteiger partial charge in [-0.25, -0.2) is 0 Å². The van der Waals surface area contributed by atoms with Crippen molar-refractivity contribution in [3.8, 4) is 17.1 Å². The predicted molar refractivity (Wildman–Crippen MR) is 112 cm³/mol. The third-order valence-electron chi connectivity index (χ3n) is 5.17. The van der Waals surface area contributed by atoms with E-state index in [-0.39, 0.29) is 38.1 Å². The van der Waals surface area contributed by atoms with E-state index < -0.39 is 34.6 Å². The molecule has 0 amide bonds. The molecule has 0 aliphatic rings. The summed E-state index contributed by atoms with van der Waals surface area (Å²) in [6.45, 7) is 10.6. The van der Waals surface area contributed by atoms with Crippen molar-refractivity contribution in [3.05, 3.63) is 101 Å². The van der Waals surface area contributed by atoms with Crippen molar-refractivity contribution in [2.45, 2.75) is 25.4 Å². The third-order valence-corrected chi connectivity index (χ3v) is 5.17. The first kappa shape index (κ1) is 26.2. The number of hydrogen-bond donors (Lipinski definition) is 0. The molecule has 0 aliphatic carbocycles. The molecule has 5 nitrogen and oxygen atoms in total. The Kier molecular flexibility index (Phi) is 7.23. The molecule has 35 heavy (non-hydrogen) atoms. The molecule has 0 atom stereocenters. The number of aromatic nitrogens is 4. The SMILES string of the molecule is [C-]#[N+]c1c(F)c[c-]c(-c2cccc(C(C)(C)c3cccc(-n4[c-]cc(C(F)(F)F)n4)n3)n2)c1F.[Pt+2]. The van der Waals surface area contributed by atoms with Crippen LogP contribution < -0.4 is 0 Å². The van der Waals surface area contributed by atoms with Gasteiger partial charge in [0.2, 0.25) is 0 Å². The second-order valence-electron chi connectivity index (χ2n) is 7.77. The van der Waals surface area contributed by atoms with Gasteiger partial charge in [0.05, 0.1) is 18.1 Å². The number of pyridine rings is 2.